The molecule has 2 heterocycles. The molecule has 2 amide bonds. The van der Waals surface area contributed by atoms with Gasteiger partial charge >= 0.3 is 0 Å². The van der Waals surface area contributed by atoms with Crippen LogP contribution in [0.3, 0.4) is 0 Å². The van der Waals surface area contributed by atoms with Crippen LogP contribution in [0.4, 0.5) is 10.1 Å². The fraction of sp³-hybridized carbons (Fsp3) is 0.217. The number of carbonyl (C=O) groups is 2. The summed E-state index contributed by atoms with van der Waals surface area (Å²) >= 11 is 1.55. The van der Waals surface area contributed by atoms with E-state index in [1.165, 1.54) is 12.1 Å². The molecule has 31 heavy (non-hydrogen) atoms. The third kappa shape index (κ3) is 4.39. The van der Waals surface area contributed by atoms with Crippen LogP contribution in [-0.2, 0) is 9.59 Å². The summed E-state index contributed by atoms with van der Waals surface area (Å²) in [6.45, 7) is 2.02. The van der Waals surface area contributed by atoms with Crippen molar-refractivity contribution in [3.8, 4) is 22.6 Å². The van der Waals surface area contributed by atoms with Crippen LogP contribution >= 0.6 is 11.3 Å². The van der Waals surface area contributed by atoms with Crippen molar-refractivity contribution in [3.63, 3.8) is 0 Å². The second-order valence-electron chi connectivity index (χ2n) is 7.09. The molecule has 0 bridgehead atoms. The number of hydrogen-bond donors (Lipinski definition) is 2. The zero-order valence-electron chi connectivity index (χ0n) is 16.8. The summed E-state index contributed by atoms with van der Waals surface area (Å²) in [6.07, 6.45) is 0.295. The number of amides is 2. The molecule has 1 unspecified atom stereocenters. The molecule has 3 aromatic rings. The number of halogens is 1. The average molecular weight is 440 g/mol. The van der Waals surface area contributed by atoms with Gasteiger partial charge in [-0.1, -0.05) is 18.2 Å². The molecule has 0 spiro atoms. The van der Waals surface area contributed by atoms with Gasteiger partial charge in [-0.3, -0.25) is 9.59 Å². The minimum Gasteiger partial charge on any atom is -0.490 e. The third-order valence-corrected chi connectivity index (χ3v) is 6.08. The van der Waals surface area contributed by atoms with Crippen molar-refractivity contribution >= 4 is 28.8 Å². The number of fused-ring (bicyclic) bond motifs is 1. The van der Waals surface area contributed by atoms with Crippen LogP contribution in [-0.4, -0.2) is 25.0 Å². The molecule has 2 aromatic carbocycles. The molecule has 6 nitrogen and oxygen atoms in total. The van der Waals surface area contributed by atoms with Crippen LogP contribution in [0.25, 0.3) is 11.1 Å². The quantitative estimate of drug-likeness (QED) is 0.573. The van der Waals surface area contributed by atoms with Gasteiger partial charge < -0.3 is 20.5 Å². The van der Waals surface area contributed by atoms with Gasteiger partial charge in [-0.05, 0) is 42.3 Å². The summed E-state index contributed by atoms with van der Waals surface area (Å²) in [7, 11) is 0. The largest absolute Gasteiger partial charge is 0.490 e. The minimum atomic E-state index is -0.577. The SMILES string of the molecule is CCOc1cc(C2CC(=O)Nc3c(-c4ccc(F)cc4)csc32)ccc1OCC(N)=O. The molecule has 0 saturated heterocycles. The van der Waals surface area contributed by atoms with Crippen molar-refractivity contribution in [2.75, 3.05) is 18.5 Å². The first-order chi connectivity index (χ1) is 15.0. The number of nitrogens with one attached hydrogen (secondary N) is 1. The summed E-state index contributed by atoms with van der Waals surface area (Å²) < 4.78 is 24.5. The summed E-state index contributed by atoms with van der Waals surface area (Å²) in [5.41, 5.74) is 8.53. The highest BCUT2D eigenvalue weighted by Gasteiger charge is 2.31. The Bertz CT molecular complexity index is 1130. The number of ether oxygens (including phenoxy) is 2. The van der Waals surface area contributed by atoms with Gasteiger partial charge in [-0.15, -0.1) is 11.3 Å². The molecule has 0 aliphatic carbocycles. The lowest BCUT2D eigenvalue weighted by Crippen LogP contribution is -2.22. The molecule has 8 heteroatoms. The van der Waals surface area contributed by atoms with Crippen molar-refractivity contribution in [3.05, 3.63) is 64.1 Å². The Hall–Kier alpha value is -3.39. The molecule has 1 aliphatic heterocycles. The lowest BCUT2D eigenvalue weighted by Gasteiger charge is -2.24. The number of benzene rings is 2. The van der Waals surface area contributed by atoms with E-state index in [0.717, 1.165) is 27.3 Å². The van der Waals surface area contributed by atoms with E-state index >= 15 is 0 Å². The van der Waals surface area contributed by atoms with Gasteiger partial charge in [-0.25, -0.2) is 4.39 Å². The third-order valence-electron chi connectivity index (χ3n) is 4.99. The highest BCUT2D eigenvalue weighted by Crippen LogP contribution is 2.47. The van der Waals surface area contributed by atoms with Crippen LogP contribution in [0.5, 0.6) is 11.5 Å². The van der Waals surface area contributed by atoms with E-state index in [9.17, 15) is 14.0 Å². The lowest BCUT2D eigenvalue weighted by atomic mass is 9.89. The maximum Gasteiger partial charge on any atom is 0.255 e. The second-order valence-corrected chi connectivity index (χ2v) is 8.01. The fourth-order valence-corrected chi connectivity index (χ4v) is 4.78. The van der Waals surface area contributed by atoms with E-state index in [1.54, 1.807) is 29.5 Å². The van der Waals surface area contributed by atoms with Gasteiger partial charge in [0.25, 0.3) is 5.91 Å². The molecule has 0 radical (unpaired) electrons. The van der Waals surface area contributed by atoms with Crippen molar-refractivity contribution in [2.45, 2.75) is 19.3 Å². The summed E-state index contributed by atoms with van der Waals surface area (Å²) in [4.78, 5) is 24.6. The second kappa shape index (κ2) is 8.77. The number of hydrogen-bond acceptors (Lipinski definition) is 5. The first kappa shape index (κ1) is 20.9. The van der Waals surface area contributed by atoms with Crippen molar-refractivity contribution < 1.29 is 23.5 Å². The van der Waals surface area contributed by atoms with Gasteiger partial charge in [-0.2, -0.15) is 0 Å². The van der Waals surface area contributed by atoms with Crippen molar-refractivity contribution in [1.29, 1.82) is 0 Å². The number of primary amides is 1. The Morgan fingerprint density at radius 3 is 2.68 bits per heavy atom. The van der Waals surface area contributed by atoms with Crippen LogP contribution in [0.2, 0.25) is 0 Å². The van der Waals surface area contributed by atoms with E-state index in [2.05, 4.69) is 5.32 Å². The number of nitrogens with two attached hydrogens (primary N) is 1. The number of anilines is 1. The Balaban J connectivity index is 1.71. The van der Waals surface area contributed by atoms with Crippen molar-refractivity contribution in [1.82, 2.24) is 0 Å². The molecule has 1 aromatic heterocycles. The van der Waals surface area contributed by atoms with Gasteiger partial charge in [0, 0.05) is 28.2 Å². The molecule has 4 rings (SSSR count). The zero-order chi connectivity index (χ0) is 22.0. The lowest BCUT2D eigenvalue weighted by molar-refractivity contribution is -0.120. The first-order valence-corrected chi connectivity index (χ1v) is 10.7. The predicted octanol–water partition coefficient (Wildman–Crippen LogP) is 4.29. The Morgan fingerprint density at radius 1 is 1.19 bits per heavy atom. The molecule has 160 valence electrons. The standard InChI is InChI=1S/C23H21FN2O4S/c1-2-29-19-9-14(5-8-18(19)30-11-20(25)27)16-10-21(28)26-22-17(12-31-23(16)22)13-3-6-15(24)7-4-13/h3-9,12,16H,2,10-11H2,1H3,(H2,25,27)(H,26,28). The molecule has 1 aliphatic rings. The molecule has 0 fully saturated rings. The summed E-state index contributed by atoms with van der Waals surface area (Å²) in [5, 5.41) is 4.95. The highest BCUT2D eigenvalue weighted by atomic mass is 32.1. The highest BCUT2D eigenvalue weighted by molar-refractivity contribution is 7.11. The molecular formula is C23H21FN2O4S. The molecule has 3 N–H and O–H groups in total. The molecular weight excluding hydrogens is 419 g/mol. The van der Waals surface area contributed by atoms with Crippen molar-refractivity contribution in [2.24, 2.45) is 5.73 Å². The van der Waals surface area contributed by atoms with Crippen LogP contribution < -0.4 is 20.5 Å². The van der Waals surface area contributed by atoms with Crippen LogP contribution in [0.1, 0.15) is 29.7 Å². The normalized spacial score (nSPS) is 15.2. The minimum absolute atomic E-state index is 0.0914. The van der Waals surface area contributed by atoms with E-state index in [0.29, 0.717) is 24.5 Å². The Morgan fingerprint density at radius 2 is 1.97 bits per heavy atom. The van der Waals surface area contributed by atoms with E-state index in [4.69, 9.17) is 15.2 Å². The zero-order valence-corrected chi connectivity index (χ0v) is 17.6. The Labute approximate surface area is 182 Å². The maximum atomic E-state index is 13.3. The maximum absolute atomic E-state index is 13.3. The van der Waals surface area contributed by atoms with Crippen LogP contribution in [0.15, 0.2) is 47.8 Å². The number of thiophene rings is 1. The fourth-order valence-electron chi connectivity index (χ4n) is 3.62. The first-order valence-electron chi connectivity index (χ1n) is 9.81. The topological polar surface area (TPSA) is 90.7 Å². The van der Waals surface area contributed by atoms with Crippen LogP contribution in [0, 0.1) is 5.82 Å². The van der Waals surface area contributed by atoms with Gasteiger partial charge in [0.05, 0.1) is 12.3 Å². The Kier molecular flexibility index (Phi) is 5.90. The molecule has 0 saturated carbocycles. The van der Waals surface area contributed by atoms with E-state index < -0.39 is 5.91 Å². The van der Waals surface area contributed by atoms with E-state index in [1.807, 2.05) is 24.4 Å². The number of rotatable bonds is 7. The van der Waals surface area contributed by atoms with Gasteiger partial charge in [0.2, 0.25) is 5.91 Å². The summed E-state index contributed by atoms with van der Waals surface area (Å²) in [5.74, 6) is -0.227. The monoisotopic (exact) mass is 440 g/mol. The van der Waals surface area contributed by atoms with E-state index in [-0.39, 0.29) is 24.2 Å². The predicted molar refractivity (Wildman–Crippen MR) is 117 cm³/mol. The average Bonchev–Trinajstić information content (AvgIpc) is 3.16. The van der Waals surface area contributed by atoms with Gasteiger partial charge in [0.15, 0.2) is 18.1 Å². The number of carbonyl (C=O) groups excluding carboxylic acids is 2. The molecule has 1 atom stereocenters. The van der Waals surface area contributed by atoms with Gasteiger partial charge in [0.1, 0.15) is 5.82 Å². The smallest absolute Gasteiger partial charge is 0.255 e. The summed E-state index contributed by atoms with van der Waals surface area (Å²) in [6, 6.07) is 11.6.